The number of aryl methyl sites for hydroxylation is 1. The molecule has 2 fully saturated rings. The van der Waals surface area contributed by atoms with Crippen molar-refractivity contribution in [2.24, 2.45) is 11.3 Å². The van der Waals surface area contributed by atoms with Crippen LogP contribution in [0.1, 0.15) is 59.9 Å². The molecule has 0 radical (unpaired) electrons. The Kier molecular flexibility index (Phi) is 8.88. The van der Waals surface area contributed by atoms with Crippen molar-refractivity contribution in [3.8, 4) is 11.5 Å². The maximum absolute atomic E-state index is 6.24. The number of hydrogen-bond donors (Lipinski definition) is 0. The van der Waals surface area contributed by atoms with Crippen molar-refractivity contribution >= 4 is 16.8 Å². The molecule has 5 nitrogen and oxygen atoms in total. The first-order chi connectivity index (χ1) is 22.6. The second kappa shape index (κ2) is 13.4. The van der Waals surface area contributed by atoms with E-state index in [2.05, 4.69) is 95.9 Å². The van der Waals surface area contributed by atoms with E-state index in [1.54, 1.807) is 21.3 Å². The lowest BCUT2D eigenvalue weighted by Crippen LogP contribution is -2.50. The summed E-state index contributed by atoms with van der Waals surface area (Å²) in [5, 5.41) is 0. The van der Waals surface area contributed by atoms with Gasteiger partial charge in [-0.05, 0) is 102 Å². The van der Waals surface area contributed by atoms with E-state index in [1.807, 2.05) is 6.07 Å². The highest BCUT2D eigenvalue weighted by atomic mass is 16.7. The minimum Gasteiger partial charge on any atom is -0.496 e. The Labute approximate surface area is 273 Å². The van der Waals surface area contributed by atoms with Crippen molar-refractivity contribution in [3.63, 3.8) is 0 Å². The van der Waals surface area contributed by atoms with Crippen molar-refractivity contribution in [2.45, 2.75) is 51.4 Å². The van der Waals surface area contributed by atoms with Crippen LogP contribution in [0.2, 0.25) is 0 Å². The summed E-state index contributed by atoms with van der Waals surface area (Å²) in [6, 6.07) is 34.6. The maximum Gasteiger partial charge on any atom is 0.159 e. The van der Waals surface area contributed by atoms with E-state index in [4.69, 9.17) is 18.9 Å². The average molecular weight is 616 g/mol. The summed E-state index contributed by atoms with van der Waals surface area (Å²) in [7, 11) is 5.31. The van der Waals surface area contributed by atoms with E-state index < -0.39 is 0 Å². The summed E-state index contributed by atoms with van der Waals surface area (Å²) >= 11 is 0. The second-order valence-electron chi connectivity index (χ2n) is 13.2. The molecule has 7 rings (SSSR count). The molecule has 0 N–H and O–H groups in total. The van der Waals surface area contributed by atoms with Gasteiger partial charge in [0.2, 0.25) is 0 Å². The highest BCUT2D eigenvalue weighted by Gasteiger charge is 2.48. The number of piperidine rings is 1. The van der Waals surface area contributed by atoms with Crippen LogP contribution in [0.4, 0.5) is 5.69 Å². The van der Waals surface area contributed by atoms with Crippen LogP contribution in [0.25, 0.3) is 11.1 Å². The predicted molar refractivity (Wildman–Crippen MR) is 185 cm³/mol. The van der Waals surface area contributed by atoms with Gasteiger partial charge in [-0.25, -0.2) is 0 Å². The summed E-state index contributed by atoms with van der Waals surface area (Å²) in [5.41, 5.74) is 10.4. The van der Waals surface area contributed by atoms with Crippen molar-refractivity contribution in [1.82, 2.24) is 0 Å². The number of fused-ring (bicyclic) bond motifs is 1. The van der Waals surface area contributed by atoms with Crippen molar-refractivity contribution < 1.29 is 18.9 Å². The molecule has 3 aliphatic rings. The summed E-state index contributed by atoms with van der Waals surface area (Å²) in [5.74, 6) is 2.34. The van der Waals surface area contributed by atoms with Gasteiger partial charge in [-0.15, -0.1) is 0 Å². The highest BCUT2D eigenvalue weighted by Crippen LogP contribution is 2.54. The van der Waals surface area contributed by atoms with E-state index in [0.29, 0.717) is 17.9 Å². The molecule has 1 spiro atoms. The lowest BCUT2D eigenvalue weighted by atomic mass is 9.57. The number of methoxy groups -OCH3 is 3. The van der Waals surface area contributed by atoms with Crippen LogP contribution in [0, 0.1) is 11.3 Å². The zero-order valence-corrected chi connectivity index (χ0v) is 27.3. The fourth-order valence-electron chi connectivity index (χ4n) is 8.09. The van der Waals surface area contributed by atoms with Gasteiger partial charge in [-0.2, -0.15) is 0 Å². The lowest BCUT2D eigenvalue weighted by molar-refractivity contribution is -0.184. The van der Waals surface area contributed by atoms with Crippen LogP contribution < -0.4 is 14.4 Å². The first-order valence-electron chi connectivity index (χ1n) is 16.7. The minimum atomic E-state index is -0.0751. The van der Waals surface area contributed by atoms with Crippen LogP contribution in [0.3, 0.4) is 0 Å². The number of nitrogens with zero attached hydrogens (tertiary/aromatic N) is 1. The van der Waals surface area contributed by atoms with Crippen LogP contribution in [0.5, 0.6) is 11.5 Å². The van der Waals surface area contributed by atoms with Crippen molar-refractivity contribution in [2.75, 3.05) is 39.3 Å². The normalized spacial score (nSPS) is 17.6. The van der Waals surface area contributed by atoms with Crippen LogP contribution in [-0.4, -0.2) is 40.7 Å². The summed E-state index contributed by atoms with van der Waals surface area (Å²) in [6.07, 6.45) is 6.67. The Balaban J connectivity index is 1.16. The molecule has 1 saturated carbocycles. The number of hydrogen-bond acceptors (Lipinski definition) is 5. The zero-order chi connectivity index (χ0) is 31.5. The summed E-state index contributed by atoms with van der Waals surface area (Å²) < 4.78 is 23.5. The third-order valence-electron chi connectivity index (χ3n) is 10.5. The molecular weight excluding hydrogens is 570 g/mol. The summed E-state index contributed by atoms with van der Waals surface area (Å²) in [6.45, 7) is 2.69. The van der Waals surface area contributed by atoms with Gasteiger partial charge in [0, 0.05) is 50.5 Å². The van der Waals surface area contributed by atoms with Crippen molar-refractivity contribution in [3.05, 3.63) is 125 Å². The second-order valence-corrected chi connectivity index (χ2v) is 13.2. The smallest absolute Gasteiger partial charge is 0.159 e. The van der Waals surface area contributed by atoms with E-state index >= 15 is 0 Å². The summed E-state index contributed by atoms with van der Waals surface area (Å²) in [4.78, 5) is 2.53. The van der Waals surface area contributed by atoms with E-state index in [0.717, 1.165) is 43.0 Å². The first-order valence-corrected chi connectivity index (χ1v) is 16.7. The highest BCUT2D eigenvalue weighted by molar-refractivity contribution is 6.02. The van der Waals surface area contributed by atoms with Gasteiger partial charge in [0.15, 0.2) is 6.29 Å². The number of allylic oxidation sites excluding steroid dienone is 1. The standard InChI is InChI=1S/C41H45NO4/c1-43-38-25-33(42-22-20-41(21-23-42)26-32(27-41)40(44-2)45-3)15-18-37(38)39-35(30-12-8-5-9-13-30)17-14-31-24-34(16-19-36(31)39)46-28-29-10-6-4-7-11-29/h4-13,15-16,18-19,24-25,32,40H,14,17,20-23,26-28H2,1-3H3. The molecule has 0 unspecified atom stereocenters. The van der Waals surface area contributed by atoms with Crippen LogP contribution in [-0.2, 0) is 22.5 Å². The number of anilines is 1. The molecule has 4 aromatic carbocycles. The Bertz CT molecular complexity index is 1660. The Hall–Kier alpha value is -4.06. The number of ether oxygens (including phenoxy) is 4. The van der Waals surface area contributed by atoms with Crippen LogP contribution >= 0.6 is 0 Å². The molecule has 238 valence electrons. The molecule has 0 atom stereocenters. The number of rotatable bonds is 10. The van der Waals surface area contributed by atoms with Gasteiger partial charge in [-0.3, -0.25) is 0 Å². The van der Waals surface area contributed by atoms with E-state index in [-0.39, 0.29) is 6.29 Å². The third-order valence-corrected chi connectivity index (χ3v) is 10.5. The third kappa shape index (κ3) is 6.06. The van der Waals surface area contributed by atoms with Gasteiger partial charge >= 0.3 is 0 Å². The molecular formula is C41H45NO4. The molecule has 0 bridgehead atoms. The van der Waals surface area contributed by atoms with Gasteiger partial charge in [0.25, 0.3) is 0 Å². The largest absolute Gasteiger partial charge is 0.496 e. The molecule has 1 saturated heterocycles. The minimum absolute atomic E-state index is 0.0751. The molecule has 5 heteroatoms. The predicted octanol–water partition coefficient (Wildman–Crippen LogP) is 8.80. The quantitative estimate of drug-likeness (QED) is 0.167. The molecule has 46 heavy (non-hydrogen) atoms. The monoisotopic (exact) mass is 615 g/mol. The van der Waals surface area contributed by atoms with E-state index in [9.17, 15) is 0 Å². The van der Waals surface area contributed by atoms with Gasteiger partial charge < -0.3 is 23.8 Å². The topological polar surface area (TPSA) is 40.2 Å². The fraction of sp³-hybridized carbons (Fsp3) is 0.366. The Morgan fingerprint density at radius 1 is 0.761 bits per heavy atom. The molecule has 4 aromatic rings. The molecule has 1 heterocycles. The maximum atomic E-state index is 6.24. The zero-order valence-electron chi connectivity index (χ0n) is 27.3. The molecule has 0 aromatic heterocycles. The Morgan fingerprint density at radius 3 is 2.15 bits per heavy atom. The molecule has 0 amide bonds. The van der Waals surface area contributed by atoms with Crippen molar-refractivity contribution in [1.29, 1.82) is 0 Å². The number of benzene rings is 4. The Morgan fingerprint density at radius 2 is 1.46 bits per heavy atom. The van der Waals surface area contributed by atoms with E-state index in [1.165, 1.54) is 64.8 Å². The van der Waals surface area contributed by atoms with Gasteiger partial charge in [-0.1, -0.05) is 66.7 Å². The fourth-order valence-corrected chi connectivity index (χ4v) is 8.09. The first kappa shape index (κ1) is 30.6. The van der Waals surface area contributed by atoms with Gasteiger partial charge in [0.1, 0.15) is 18.1 Å². The average Bonchev–Trinajstić information content (AvgIpc) is 3.11. The van der Waals surface area contributed by atoms with Gasteiger partial charge in [0.05, 0.1) is 7.11 Å². The lowest BCUT2D eigenvalue weighted by Gasteiger charge is -2.54. The molecule has 2 aliphatic carbocycles. The van der Waals surface area contributed by atoms with Crippen LogP contribution in [0.15, 0.2) is 97.1 Å². The molecule has 1 aliphatic heterocycles. The SMILES string of the molecule is COc1cc(N2CCC3(CC2)CC(C(OC)OC)C3)ccc1C1=C(c2ccccc2)CCc2cc(OCc3ccccc3)ccc21.